The van der Waals surface area contributed by atoms with Crippen molar-refractivity contribution in [3.8, 4) is 6.07 Å². The number of nitrogens with zero attached hydrogens (tertiary/aromatic N) is 4. The number of alkyl halides is 3. The number of hydrogen-bond acceptors (Lipinski definition) is 7. The van der Waals surface area contributed by atoms with Crippen LogP contribution in [0.5, 0.6) is 0 Å². The van der Waals surface area contributed by atoms with E-state index < -0.39 is 29.8 Å². The van der Waals surface area contributed by atoms with E-state index in [2.05, 4.69) is 5.32 Å². The van der Waals surface area contributed by atoms with Crippen LogP contribution in [0.15, 0.2) is 47.3 Å². The minimum absolute atomic E-state index is 0.0666. The first-order chi connectivity index (χ1) is 19.9. The van der Waals surface area contributed by atoms with Crippen LogP contribution < -0.4 is 35.2 Å². The van der Waals surface area contributed by atoms with Crippen LogP contribution in [-0.2, 0) is 22.6 Å². The van der Waals surface area contributed by atoms with Gasteiger partial charge in [0.05, 0.1) is 6.54 Å². The van der Waals surface area contributed by atoms with Gasteiger partial charge in [0.15, 0.2) is 5.57 Å². The van der Waals surface area contributed by atoms with Gasteiger partial charge >= 0.3 is 6.18 Å². The topological polar surface area (TPSA) is 110 Å². The van der Waals surface area contributed by atoms with Gasteiger partial charge in [-0.2, -0.15) is 18.4 Å². The van der Waals surface area contributed by atoms with E-state index in [0.717, 1.165) is 27.2 Å². The third kappa shape index (κ3) is 6.80. The molecule has 2 amide bonds. The first-order valence-electron chi connectivity index (χ1n) is 12.8. The summed E-state index contributed by atoms with van der Waals surface area (Å²) in [5, 5.41) is 14.1. The zero-order chi connectivity index (χ0) is 30.6. The molecule has 4 rings (SSSR count). The van der Waals surface area contributed by atoms with E-state index in [1.807, 2.05) is 4.90 Å². The number of thiazole rings is 1. The van der Waals surface area contributed by atoms with Crippen LogP contribution in [0.1, 0.15) is 12.5 Å². The van der Waals surface area contributed by atoms with Crippen LogP contribution in [0.25, 0.3) is 11.8 Å². The maximum atomic E-state index is 13.5. The summed E-state index contributed by atoms with van der Waals surface area (Å²) in [6.45, 7) is 0.767. The normalized spacial score (nSPS) is 13.8. The second-order valence-corrected chi connectivity index (χ2v) is 10.4. The molecule has 9 nitrogen and oxygen atoms in total. The molecule has 2 heterocycles. The second-order valence-electron chi connectivity index (χ2n) is 9.34. The molecule has 0 aliphatic carbocycles. The number of nitriles is 1. The van der Waals surface area contributed by atoms with E-state index in [9.17, 15) is 37.2 Å². The molecule has 0 fully saturated rings. The number of aromatic nitrogens is 1. The van der Waals surface area contributed by atoms with Crippen molar-refractivity contribution in [2.45, 2.75) is 26.1 Å². The lowest BCUT2D eigenvalue weighted by molar-refractivity contribution is -0.135. The molecule has 2 aromatic carbocycles. The Morgan fingerprint density at radius 1 is 1.21 bits per heavy atom. The summed E-state index contributed by atoms with van der Waals surface area (Å²) in [5.74, 6) is -1.74. The fraction of sp³-hybridized carbons (Fsp3) is 0.286. The standard InChI is InChI=1S/C28H26F4N6O3S/c1-3-38-26(41)23(42-27(38)21(13-33)25(40)35-16-28(30,31)32)14-34-19-5-4-6-20(12-19)36(2)24(39)15-37-10-9-17-11-18(29)7-8-22(17)37/h4-8,11-12,14,34H,3,9-10,15-16H2,1-2H3,(H,35,40)/b23-14+,27-21-. The Labute approximate surface area is 241 Å². The number of halogens is 4. The molecule has 0 saturated heterocycles. The van der Waals surface area contributed by atoms with Crippen LogP contribution in [-0.4, -0.2) is 49.2 Å². The molecule has 42 heavy (non-hydrogen) atoms. The van der Waals surface area contributed by atoms with E-state index >= 15 is 0 Å². The highest BCUT2D eigenvalue weighted by molar-refractivity contribution is 7.07. The lowest BCUT2D eigenvalue weighted by atomic mass is 10.2. The van der Waals surface area contributed by atoms with Crippen molar-refractivity contribution in [3.05, 3.63) is 73.4 Å². The monoisotopic (exact) mass is 602 g/mol. The number of nitrogens with one attached hydrogen (secondary N) is 2. The van der Waals surface area contributed by atoms with Crippen molar-refractivity contribution in [3.63, 3.8) is 0 Å². The summed E-state index contributed by atoms with van der Waals surface area (Å²) in [6, 6.07) is 12.9. The average molecular weight is 603 g/mol. The lowest BCUT2D eigenvalue weighted by Crippen LogP contribution is -2.37. The van der Waals surface area contributed by atoms with Gasteiger partial charge in [-0.1, -0.05) is 6.07 Å². The van der Waals surface area contributed by atoms with Crippen LogP contribution in [0, 0.1) is 17.1 Å². The first-order valence-corrected chi connectivity index (χ1v) is 13.6. The molecule has 0 atom stereocenters. The predicted octanol–water partition coefficient (Wildman–Crippen LogP) is 2.30. The van der Waals surface area contributed by atoms with Gasteiger partial charge < -0.3 is 20.4 Å². The molecule has 0 spiro atoms. The molecular formula is C28H26F4N6O3S. The highest BCUT2D eigenvalue weighted by Crippen LogP contribution is 2.28. The van der Waals surface area contributed by atoms with E-state index in [0.29, 0.717) is 24.3 Å². The van der Waals surface area contributed by atoms with E-state index in [1.165, 1.54) is 23.2 Å². The van der Waals surface area contributed by atoms with Crippen molar-refractivity contribution in [2.24, 2.45) is 0 Å². The molecule has 14 heteroatoms. The maximum Gasteiger partial charge on any atom is 0.405 e. The molecular weight excluding hydrogens is 576 g/mol. The quantitative estimate of drug-likeness (QED) is 0.383. The minimum atomic E-state index is -4.66. The van der Waals surface area contributed by atoms with Crippen molar-refractivity contribution in [2.75, 3.05) is 41.8 Å². The lowest BCUT2D eigenvalue weighted by Gasteiger charge is -2.24. The summed E-state index contributed by atoms with van der Waals surface area (Å²) in [6.07, 6.45) is -2.64. The Balaban J connectivity index is 1.54. The van der Waals surface area contributed by atoms with E-state index in [-0.39, 0.29) is 34.0 Å². The Bertz CT molecular complexity index is 1740. The number of carbonyl (C=O) groups excluding carboxylic acids is 2. The molecule has 1 aromatic heterocycles. The summed E-state index contributed by atoms with van der Waals surface area (Å²) in [5.41, 5.74) is 1.64. The molecule has 0 saturated carbocycles. The number of carbonyl (C=O) groups is 2. The van der Waals surface area contributed by atoms with Crippen molar-refractivity contribution in [1.82, 2.24) is 9.88 Å². The van der Waals surface area contributed by atoms with Gasteiger partial charge in [0, 0.05) is 43.4 Å². The minimum Gasteiger partial charge on any atom is -0.362 e. The highest BCUT2D eigenvalue weighted by atomic mass is 32.1. The summed E-state index contributed by atoms with van der Waals surface area (Å²) >= 11 is 0.790. The Hall–Kier alpha value is -4.64. The molecule has 1 aliphatic heterocycles. The van der Waals surface area contributed by atoms with Gasteiger partial charge in [-0.05, 0) is 55.3 Å². The maximum absolute atomic E-state index is 13.5. The second kappa shape index (κ2) is 12.5. The van der Waals surface area contributed by atoms with Gasteiger partial charge in [0.2, 0.25) is 5.91 Å². The van der Waals surface area contributed by atoms with Crippen LogP contribution in [0.3, 0.4) is 0 Å². The van der Waals surface area contributed by atoms with E-state index in [1.54, 1.807) is 55.7 Å². The predicted molar refractivity (Wildman–Crippen MR) is 152 cm³/mol. The number of rotatable bonds is 8. The Morgan fingerprint density at radius 3 is 2.67 bits per heavy atom. The van der Waals surface area contributed by atoms with Crippen LogP contribution in [0.2, 0.25) is 0 Å². The number of anilines is 3. The fourth-order valence-electron chi connectivity index (χ4n) is 4.43. The van der Waals surface area contributed by atoms with Crippen LogP contribution in [0.4, 0.5) is 34.6 Å². The zero-order valence-electron chi connectivity index (χ0n) is 22.6. The van der Waals surface area contributed by atoms with Gasteiger partial charge in [0.25, 0.3) is 11.5 Å². The molecule has 2 N–H and O–H groups in total. The number of benzene rings is 2. The highest BCUT2D eigenvalue weighted by Gasteiger charge is 2.29. The number of likely N-dealkylation sites (N-methyl/N-ethyl adjacent to an activating group) is 1. The van der Waals surface area contributed by atoms with Gasteiger partial charge in [-0.3, -0.25) is 19.0 Å². The summed E-state index contributed by atoms with van der Waals surface area (Å²) < 4.78 is 52.3. The largest absolute Gasteiger partial charge is 0.405 e. The SMILES string of the molecule is CCn1c(=O)/c(=C\Nc2cccc(N(C)C(=O)CN3CCc4cc(F)ccc43)c2)s/c1=C(/C#N)C(=O)NCC(F)(F)F. The van der Waals surface area contributed by atoms with Crippen molar-refractivity contribution >= 4 is 52.0 Å². The van der Waals surface area contributed by atoms with Crippen LogP contribution >= 0.6 is 11.3 Å². The molecule has 0 radical (unpaired) electrons. The molecule has 1 aliphatic rings. The molecule has 220 valence electrons. The third-order valence-corrected chi connectivity index (χ3v) is 7.69. The van der Waals surface area contributed by atoms with E-state index in [4.69, 9.17) is 0 Å². The summed E-state index contributed by atoms with van der Waals surface area (Å²) in [4.78, 5) is 41.6. The zero-order valence-corrected chi connectivity index (χ0v) is 23.4. The van der Waals surface area contributed by atoms with Gasteiger partial charge in [-0.15, -0.1) is 11.3 Å². The molecule has 3 aromatic rings. The Morgan fingerprint density at radius 2 is 1.98 bits per heavy atom. The first kappa shape index (κ1) is 30.3. The Kier molecular flexibility index (Phi) is 9.01. The van der Waals surface area contributed by atoms with Gasteiger partial charge in [-0.25, -0.2) is 4.39 Å². The number of fused-ring (bicyclic) bond motifs is 1. The van der Waals surface area contributed by atoms with Crippen molar-refractivity contribution < 1.29 is 27.2 Å². The third-order valence-electron chi connectivity index (χ3n) is 6.56. The van der Waals surface area contributed by atoms with Gasteiger partial charge in [0.1, 0.15) is 27.6 Å². The number of hydrogen-bond donors (Lipinski definition) is 2. The fourth-order valence-corrected chi connectivity index (χ4v) is 5.51. The summed E-state index contributed by atoms with van der Waals surface area (Å²) in [7, 11) is 1.63. The molecule has 0 bridgehead atoms. The smallest absolute Gasteiger partial charge is 0.362 e. The number of amides is 2. The van der Waals surface area contributed by atoms with Crippen molar-refractivity contribution in [1.29, 1.82) is 5.26 Å². The average Bonchev–Trinajstić information content (AvgIpc) is 3.49. The molecule has 0 unspecified atom stereocenters.